The molecule has 2 fully saturated rings. The van der Waals surface area contributed by atoms with Crippen molar-refractivity contribution in [2.24, 2.45) is 0 Å². The molecule has 0 saturated carbocycles. The highest BCUT2D eigenvalue weighted by molar-refractivity contribution is 5.85. The van der Waals surface area contributed by atoms with E-state index in [1.54, 1.807) is 0 Å². The third kappa shape index (κ3) is 4.67. The number of imidazole rings is 1. The van der Waals surface area contributed by atoms with Crippen LogP contribution in [-0.2, 0) is 12.7 Å². The van der Waals surface area contributed by atoms with Crippen molar-refractivity contribution in [2.45, 2.75) is 37.9 Å². The topological polar surface area (TPSA) is 46.0 Å². The average Bonchev–Trinajstić information content (AvgIpc) is 3.05. The molecule has 0 bridgehead atoms. The van der Waals surface area contributed by atoms with Crippen molar-refractivity contribution < 1.29 is 13.2 Å². The van der Waals surface area contributed by atoms with Gasteiger partial charge in [0.05, 0.1) is 11.3 Å². The van der Waals surface area contributed by atoms with Crippen LogP contribution >= 0.6 is 12.4 Å². The van der Waals surface area contributed by atoms with Crippen LogP contribution in [0.4, 0.5) is 13.2 Å². The summed E-state index contributed by atoms with van der Waals surface area (Å²) in [4.78, 5) is 10.9. The fraction of sp³-hybridized carbons (Fsp3) is 0.579. The highest BCUT2D eigenvalue weighted by atomic mass is 35.5. The number of aromatic nitrogens is 3. The highest BCUT2D eigenvalue weighted by Gasteiger charge is 2.31. The number of rotatable bonds is 5. The lowest BCUT2D eigenvalue weighted by Crippen LogP contribution is -2.39. The van der Waals surface area contributed by atoms with E-state index in [1.165, 1.54) is 12.6 Å². The molecular formula is C19H25ClF3N5. The number of hydrogen-bond acceptors (Lipinski definition) is 4. The summed E-state index contributed by atoms with van der Waals surface area (Å²) in [5.41, 5.74) is 0.256. The van der Waals surface area contributed by atoms with Crippen LogP contribution in [0.5, 0.6) is 0 Å². The Hall–Kier alpha value is -1.64. The van der Waals surface area contributed by atoms with E-state index in [1.807, 2.05) is 6.20 Å². The van der Waals surface area contributed by atoms with Gasteiger partial charge in [-0.05, 0) is 51.5 Å². The highest BCUT2D eigenvalue weighted by Crippen LogP contribution is 2.32. The van der Waals surface area contributed by atoms with Crippen molar-refractivity contribution >= 4 is 12.4 Å². The average molecular weight is 416 g/mol. The van der Waals surface area contributed by atoms with Crippen molar-refractivity contribution in [3.05, 3.63) is 36.0 Å². The Morgan fingerprint density at radius 2 is 1.86 bits per heavy atom. The van der Waals surface area contributed by atoms with Gasteiger partial charge in [-0.25, -0.2) is 4.98 Å². The third-order valence-corrected chi connectivity index (χ3v) is 5.48. The van der Waals surface area contributed by atoms with E-state index < -0.39 is 11.7 Å². The largest absolute Gasteiger partial charge is 0.417 e. The maximum absolute atomic E-state index is 13.0. The molecule has 28 heavy (non-hydrogen) atoms. The lowest BCUT2D eigenvalue weighted by Gasteiger charge is -2.31. The fourth-order valence-corrected chi connectivity index (χ4v) is 3.74. The molecule has 4 heterocycles. The summed E-state index contributed by atoms with van der Waals surface area (Å²) in [5.74, 6) is 1.33. The van der Waals surface area contributed by atoms with Gasteiger partial charge >= 0.3 is 6.18 Å². The van der Waals surface area contributed by atoms with Crippen molar-refractivity contribution in [2.75, 3.05) is 32.7 Å². The number of likely N-dealkylation sites (tertiary alicyclic amines) is 1. The molecule has 0 unspecified atom stereocenters. The minimum Gasteiger partial charge on any atom is -0.333 e. The van der Waals surface area contributed by atoms with Crippen LogP contribution in [0.1, 0.15) is 36.6 Å². The summed E-state index contributed by atoms with van der Waals surface area (Å²) >= 11 is 0. The van der Waals surface area contributed by atoms with Crippen molar-refractivity contribution in [1.82, 2.24) is 24.8 Å². The van der Waals surface area contributed by atoms with Gasteiger partial charge in [-0.3, -0.25) is 4.98 Å². The molecule has 0 amide bonds. The molecule has 2 aromatic heterocycles. The van der Waals surface area contributed by atoms with Gasteiger partial charge in [0.25, 0.3) is 0 Å². The van der Waals surface area contributed by atoms with Crippen LogP contribution in [0.25, 0.3) is 11.3 Å². The zero-order valence-electron chi connectivity index (χ0n) is 15.6. The SMILES string of the molecule is Cl.FC(F)(F)c1cncc(-c2cn(CCN3CCC3)c(C3CCNCC3)n2)c1. The third-order valence-electron chi connectivity index (χ3n) is 5.48. The monoisotopic (exact) mass is 415 g/mol. The Morgan fingerprint density at radius 1 is 1.11 bits per heavy atom. The fourth-order valence-electron chi connectivity index (χ4n) is 3.74. The second-order valence-corrected chi connectivity index (χ2v) is 7.36. The molecule has 0 aliphatic carbocycles. The summed E-state index contributed by atoms with van der Waals surface area (Å²) in [5, 5.41) is 3.35. The predicted molar refractivity (Wildman–Crippen MR) is 104 cm³/mol. The first-order valence-electron chi connectivity index (χ1n) is 9.53. The van der Waals surface area contributed by atoms with Crippen molar-refractivity contribution in [3.63, 3.8) is 0 Å². The van der Waals surface area contributed by atoms with Gasteiger partial charge in [-0.2, -0.15) is 13.2 Å². The number of piperidine rings is 1. The lowest BCUT2D eigenvalue weighted by molar-refractivity contribution is -0.137. The second-order valence-electron chi connectivity index (χ2n) is 7.36. The summed E-state index contributed by atoms with van der Waals surface area (Å²) in [6.07, 6.45) is 3.06. The molecule has 2 aliphatic rings. The van der Waals surface area contributed by atoms with Crippen LogP contribution in [0, 0.1) is 0 Å². The number of alkyl halides is 3. The molecule has 5 nitrogen and oxygen atoms in total. The predicted octanol–water partition coefficient (Wildman–Crippen LogP) is 3.56. The van der Waals surface area contributed by atoms with Gasteiger partial charge < -0.3 is 14.8 Å². The number of hydrogen-bond donors (Lipinski definition) is 1. The Labute approximate surface area is 168 Å². The maximum atomic E-state index is 13.0. The number of nitrogens with zero attached hydrogens (tertiary/aromatic N) is 4. The molecule has 4 rings (SSSR count). The zero-order chi connectivity index (χ0) is 18.9. The molecule has 0 aromatic carbocycles. The molecule has 2 aromatic rings. The number of nitrogens with one attached hydrogen (secondary N) is 1. The number of pyridine rings is 1. The first-order chi connectivity index (χ1) is 13.0. The van der Waals surface area contributed by atoms with Crippen LogP contribution in [-0.4, -0.2) is 52.2 Å². The molecule has 1 N–H and O–H groups in total. The standard InChI is InChI=1S/C19H24F3N5.ClH/c20-19(21,22)16-10-15(11-24-12-16)17-13-27(9-8-26-6-1-7-26)18(25-17)14-2-4-23-5-3-14;/h10-14,23H,1-9H2;1H. The van der Waals surface area contributed by atoms with Crippen LogP contribution in [0.3, 0.4) is 0 Å². The van der Waals surface area contributed by atoms with E-state index in [-0.39, 0.29) is 12.4 Å². The van der Waals surface area contributed by atoms with E-state index in [4.69, 9.17) is 4.98 Å². The van der Waals surface area contributed by atoms with Crippen LogP contribution in [0.2, 0.25) is 0 Å². The molecule has 0 spiro atoms. The first kappa shape index (κ1) is 21.1. The quantitative estimate of drug-likeness (QED) is 0.811. The van der Waals surface area contributed by atoms with E-state index in [9.17, 15) is 13.2 Å². The van der Waals surface area contributed by atoms with Gasteiger partial charge in [-0.15, -0.1) is 12.4 Å². The summed E-state index contributed by atoms with van der Waals surface area (Å²) in [6.45, 7) is 5.92. The van der Waals surface area contributed by atoms with E-state index >= 15 is 0 Å². The molecule has 0 atom stereocenters. The van der Waals surface area contributed by atoms with Gasteiger partial charge in [0.2, 0.25) is 0 Å². The molecule has 154 valence electrons. The molecule has 0 radical (unpaired) electrons. The van der Waals surface area contributed by atoms with E-state index in [2.05, 4.69) is 19.8 Å². The Morgan fingerprint density at radius 3 is 2.50 bits per heavy atom. The summed E-state index contributed by atoms with van der Waals surface area (Å²) in [7, 11) is 0. The van der Waals surface area contributed by atoms with Gasteiger partial charge in [0.1, 0.15) is 5.82 Å². The summed E-state index contributed by atoms with van der Waals surface area (Å²) in [6, 6.07) is 1.14. The van der Waals surface area contributed by atoms with Crippen LogP contribution in [0.15, 0.2) is 24.7 Å². The smallest absolute Gasteiger partial charge is 0.333 e. The van der Waals surface area contributed by atoms with E-state index in [0.717, 1.165) is 70.2 Å². The molecular weight excluding hydrogens is 391 g/mol. The maximum Gasteiger partial charge on any atom is 0.417 e. The van der Waals surface area contributed by atoms with Gasteiger partial charge in [0, 0.05) is 43.2 Å². The lowest BCUT2D eigenvalue weighted by atomic mass is 9.97. The first-order valence-corrected chi connectivity index (χ1v) is 9.53. The Bertz CT molecular complexity index is 782. The number of halogens is 4. The zero-order valence-corrected chi connectivity index (χ0v) is 16.4. The molecule has 2 saturated heterocycles. The molecule has 9 heteroatoms. The van der Waals surface area contributed by atoms with Gasteiger partial charge in [-0.1, -0.05) is 0 Å². The second kappa shape index (κ2) is 8.80. The van der Waals surface area contributed by atoms with E-state index in [0.29, 0.717) is 17.2 Å². The Balaban J connectivity index is 0.00000225. The minimum atomic E-state index is -4.40. The Kier molecular flexibility index (Phi) is 6.62. The molecule has 2 aliphatic heterocycles. The normalized spacial score (nSPS) is 18.5. The van der Waals surface area contributed by atoms with Crippen LogP contribution < -0.4 is 5.32 Å². The van der Waals surface area contributed by atoms with Crippen molar-refractivity contribution in [3.8, 4) is 11.3 Å². The van der Waals surface area contributed by atoms with Crippen molar-refractivity contribution in [1.29, 1.82) is 0 Å². The minimum absolute atomic E-state index is 0. The summed E-state index contributed by atoms with van der Waals surface area (Å²) < 4.78 is 41.3. The van der Waals surface area contributed by atoms with Gasteiger partial charge in [0.15, 0.2) is 0 Å².